The summed E-state index contributed by atoms with van der Waals surface area (Å²) in [5.41, 5.74) is 0.304. The smallest absolute Gasteiger partial charge is 0.319 e. The first-order valence-electron chi connectivity index (χ1n) is 16.5. The highest BCUT2D eigenvalue weighted by Crippen LogP contribution is 2.63. The SMILES string of the molecule is CCc1c(F)ccc2cc(O)cc(-c3ncc4c(N5CC6(CCC67CCO7)C5)nc(OC[C@@]56CCCN5C[C@H](F)C6)nc4c3F)c12. The summed E-state index contributed by atoms with van der Waals surface area (Å²) < 4.78 is 58.6. The van der Waals surface area contributed by atoms with Gasteiger partial charge in [-0.05, 0) is 73.2 Å². The molecule has 11 heteroatoms. The third-order valence-corrected chi connectivity index (χ3v) is 11.8. The van der Waals surface area contributed by atoms with E-state index < -0.39 is 23.3 Å². The first kappa shape index (κ1) is 28.5. The minimum Gasteiger partial charge on any atom is -0.508 e. The van der Waals surface area contributed by atoms with Crippen LogP contribution in [-0.4, -0.2) is 81.7 Å². The van der Waals surface area contributed by atoms with E-state index in [1.165, 1.54) is 18.2 Å². The Kier molecular flexibility index (Phi) is 6.14. The molecule has 4 aromatic rings. The zero-order valence-corrected chi connectivity index (χ0v) is 25.8. The first-order valence-corrected chi connectivity index (χ1v) is 16.5. The van der Waals surface area contributed by atoms with Crippen LogP contribution in [0.4, 0.5) is 19.0 Å². The van der Waals surface area contributed by atoms with E-state index in [4.69, 9.17) is 14.5 Å². The van der Waals surface area contributed by atoms with E-state index in [1.807, 2.05) is 6.92 Å². The number of hydrogen-bond acceptors (Lipinski definition) is 8. The minimum atomic E-state index is -0.904. The largest absolute Gasteiger partial charge is 0.508 e. The lowest BCUT2D eigenvalue weighted by Gasteiger charge is -2.70. The molecule has 5 aliphatic rings. The number of phenolic OH excluding ortho intramolecular Hbond substituents is 1. The summed E-state index contributed by atoms with van der Waals surface area (Å²) in [6.07, 6.45) is 6.44. The van der Waals surface area contributed by atoms with Crippen molar-refractivity contribution in [1.82, 2.24) is 19.9 Å². The molecule has 9 rings (SSSR count). The zero-order valence-electron chi connectivity index (χ0n) is 25.8. The Morgan fingerprint density at radius 3 is 2.70 bits per heavy atom. The standard InChI is InChI=1S/C35H36F3N5O3/c1-2-23-26(37)5-4-20-12-22(44)13-24(27(20)23)29-28(38)30-25(15-39-29)31(42-17-33(18-42)7-8-35(33)9-11-46-35)41-32(40-30)45-19-34-6-3-10-43(34)16-21(36)14-34/h4-5,12-13,15,21,44H,2-3,6-11,14,16-19H2,1H3/t21-,34+,35?/m1/s1. The molecule has 240 valence electrons. The van der Waals surface area contributed by atoms with Gasteiger partial charge in [0.25, 0.3) is 0 Å². The van der Waals surface area contributed by atoms with E-state index in [0.717, 1.165) is 58.3 Å². The number of ether oxygens (including phenoxy) is 2. The number of alkyl halides is 1. The first-order chi connectivity index (χ1) is 22.2. The summed E-state index contributed by atoms with van der Waals surface area (Å²) in [6, 6.07) is 5.93. The second-order valence-electron chi connectivity index (χ2n) is 14.1. The molecule has 0 radical (unpaired) electrons. The molecule has 8 nitrogen and oxygen atoms in total. The van der Waals surface area contributed by atoms with Crippen LogP contribution in [0.2, 0.25) is 0 Å². The number of aromatic nitrogens is 3. The number of aromatic hydroxyl groups is 1. The molecule has 46 heavy (non-hydrogen) atoms. The van der Waals surface area contributed by atoms with E-state index in [1.54, 1.807) is 12.3 Å². The van der Waals surface area contributed by atoms with Crippen molar-refractivity contribution in [3.63, 3.8) is 0 Å². The number of nitrogens with zero attached hydrogens (tertiary/aromatic N) is 5. The molecular formula is C35H36F3N5O3. The zero-order chi connectivity index (χ0) is 31.4. The number of anilines is 1. The van der Waals surface area contributed by atoms with Gasteiger partial charge in [0, 0.05) is 49.7 Å². The van der Waals surface area contributed by atoms with E-state index in [0.29, 0.717) is 46.9 Å². The molecule has 4 aliphatic heterocycles. The van der Waals surface area contributed by atoms with Gasteiger partial charge in [-0.25, -0.2) is 13.2 Å². The normalized spacial score (nSPS) is 28.1. The van der Waals surface area contributed by atoms with Gasteiger partial charge in [0.15, 0.2) is 5.82 Å². The maximum absolute atomic E-state index is 16.8. The monoisotopic (exact) mass is 631 g/mol. The van der Waals surface area contributed by atoms with Gasteiger partial charge in [-0.3, -0.25) is 9.88 Å². The van der Waals surface area contributed by atoms with E-state index in [-0.39, 0.29) is 46.2 Å². The van der Waals surface area contributed by atoms with Gasteiger partial charge in [-0.1, -0.05) is 13.0 Å². The number of fused-ring (bicyclic) bond motifs is 4. The summed E-state index contributed by atoms with van der Waals surface area (Å²) in [6.45, 7) is 5.54. The van der Waals surface area contributed by atoms with Gasteiger partial charge in [0.1, 0.15) is 41.4 Å². The molecule has 0 amide bonds. The van der Waals surface area contributed by atoms with Crippen LogP contribution >= 0.6 is 0 Å². The third kappa shape index (κ3) is 3.90. The average Bonchev–Trinajstić information content (AvgIpc) is 3.50. The molecule has 0 bridgehead atoms. The Morgan fingerprint density at radius 2 is 1.96 bits per heavy atom. The summed E-state index contributed by atoms with van der Waals surface area (Å²) in [5.74, 6) is -0.637. The molecule has 1 saturated carbocycles. The second kappa shape index (κ2) is 9.90. The van der Waals surface area contributed by atoms with Crippen LogP contribution in [0, 0.1) is 17.0 Å². The van der Waals surface area contributed by atoms with Gasteiger partial charge in [0.2, 0.25) is 0 Å². The van der Waals surface area contributed by atoms with Gasteiger partial charge in [-0.2, -0.15) is 9.97 Å². The van der Waals surface area contributed by atoms with Gasteiger partial charge in [-0.15, -0.1) is 0 Å². The molecule has 6 heterocycles. The van der Waals surface area contributed by atoms with E-state index >= 15 is 4.39 Å². The van der Waals surface area contributed by atoms with Gasteiger partial charge in [0.05, 0.1) is 23.1 Å². The lowest BCUT2D eigenvalue weighted by Crippen LogP contribution is -2.77. The van der Waals surface area contributed by atoms with E-state index in [9.17, 15) is 13.9 Å². The van der Waals surface area contributed by atoms with E-state index in [2.05, 4.69) is 19.8 Å². The summed E-state index contributed by atoms with van der Waals surface area (Å²) in [5, 5.41) is 12.1. The molecule has 1 aliphatic carbocycles. The predicted molar refractivity (Wildman–Crippen MR) is 167 cm³/mol. The minimum absolute atomic E-state index is 0.0345. The molecule has 1 unspecified atom stereocenters. The molecule has 4 saturated heterocycles. The Morgan fingerprint density at radius 1 is 1.11 bits per heavy atom. The summed E-state index contributed by atoms with van der Waals surface area (Å²) in [4.78, 5) is 18.3. The second-order valence-corrected chi connectivity index (χ2v) is 14.1. The Balaban J connectivity index is 1.16. The fraction of sp³-hybridized carbons (Fsp3) is 0.514. The fourth-order valence-electron chi connectivity index (χ4n) is 9.20. The summed E-state index contributed by atoms with van der Waals surface area (Å²) >= 11 is 0. The Hall–Kier alpha value is -3.70. The molecule has 5 fully saturated rings. The van der Waals surface area contributed by atoms with Gasteiger partial charge >= 0.3 is 6.01 Å². The number of aryl methyl sites for hydroxylation is 1. The highest BCUT2D eigenvalue weighted by atomic mass is 19.1. The van der Waals surface area contributed by atoms with Crippen molar-refractivity contribution in [2.75, 3.05) is 44.3 Å². The quantitative estimate of drug-likeness (QED) is 0.273. The maximum atomic E-state index is 16.8. The van der Waals surface area contributed by atoms with Crippen molar-refractivity contribution in [3.05, 3.63) is 47.7 Å². The number of phenols is 1. The molecule has 2 spiro atoms. The number of hydrogen-bond donors (Lipinski definition) is 1. The van der Waals surface area contributed by atoms with Crippen LogP contribution in [-0.2, 0) is 11.2 Å². The lowest BCUT2D eigenvalue weighted by atomic mass is 9.50. The third-order valence-electron chi connectivity index (χ3n) is 11.8. The number of benzene rings is 2. The van der Waals surface area contributed by atoms with Crippen molar-refractivity contribution in [1.29, 1.82) is 0 Å². The van der Waals surface area contributed by atoms with Crippen LogP contribution in [0.1, 0.15) is 51.0 Å². The molecular weight excluding hydrogens is 595 g/mol. The molecule has 2 aromatic heterocycles. The van der Waals surface area contributed by atoms with Gasteiger partial charge < -0.3 is 19.5 Å². The highest BCUT2D eigenvalue weighted by molar-refractivity contribution is 6.01. The lowest BCUT2D eigenvalue weighted by molar-refractivity contribution is -0.284. The topological polar surface area (TPSA) is 83.8 Å². The van der Waals surface area contributed by atoms with Crippen LogP contribution in [0.25, 0.3) is 32.9 Å². The van der Waals surface area contributed by atoms with Crippen molar-refractivity contribution in [3.8, 4) is 23.0 Å². The summed E-state index contributed by atoms with van der Waals surface area (Å²) in [7, 11) is 0. The number of pyridine rings is 1. The van der Waals surface area contributed by atoms with Crippen LogP contribution in [0.3, 0.4) is 0 Å². The number of halogens is 3. The molecule has 1 N–H and O–H groups in total. The highest BCUT2D eigenvalue weighted by Gasteiger charge is 2.68. The maximum Gasteiger partial charge on any atom is 0.319 e. The van der Waals surface area contributed by atoms with Crippen molar-refractivity contribution >= 4 is 27.5 Å². The molecule has 2 aromatic carbocycles. The average molecular weight is 632 g/mol. The van der Waals surface area contributed by atoms with Crippen molar-refractivity contribution < 1.29 is 27.8 Å². The van der Waals surface area contributed by atoms with Crippen LogP contribution < -0.4 is 9.64 Å². The van der Waals surface area contributed by atoms with Crippen molar-refractivity contribution in [2.45, 2.75) is 69.2 Å². The Labute approximate surface area is 264 Å². The van der Waals surface area contributed by atoms with Crippen molar-refractivity contribution in [2.24, 2.45) is 5.41 Å². The Bertz CT molecular complexity index is 1910. The molecule has 3 atom stereocenters. The van der Waals surface area contributed by atoms with Crippen LogP contribution in [0.5, 0.6) is 11.8 Å². The van der Waals surface area contributed by atoms with Crippen LogP contribution in [0.15, 0.2) is 30.5 Å². The number of rotatable bonds is 6. The fourth-order valence-corrected chi connectivity index (χ4v) is 9.20. The predicted octanol–water partition coefficient (Wildman–Crippen LogP) is 6.11.